The minimum atomic E-state index is -0.581. The number of nitrogens with zero attached hydrogens (tertiary/aromatic N) is 4. The van der Waals surface area contributed by atoms with Crippen molar-refractivity contribution in [2.75, 3.05) is 18.4 Å². The fraction of sp³-hybridized carbons (Fsp3) is 0.333. The van der Waals surface area contributed by atoms with Gasteiger partial charge in [0.1, 0.15) is 17.1 Å². The van der Waals surface area contributed by atoms with E-state index in [1.165, 1.54) is 6.20 Å². The molecule has 0 bridgehead atoms. The van der Waals surface area contributed by atoms with E-state index in [4.69, 9.17) is 16.3 Å². The van der Waals surface area contributed by atoms with Crippen molar-refractivity contribution in [3.05, 3.63) is 76.2 Å². The summed E-state index contributed by atoms with van der Waals surface area (Å²) in [6, 6.07) is 11.3. The van der Waals surface area contributed by atoms with Crippen molar-refractivity contribution in [2.24, 2.45) is 0 Å². The minimum Gasteiger partial charge on any atom is -0.444 e. The van der Waals surface area contributed by atoms with Gasteiger partial charge < -0.3 is 15.0 Å². The standard InChI is InChI=1S/C27H28ClN5O3/c1-18-14-20(11-10-19-8-6-5-7-9-19)15-29-24(18)31-25(34)23-22(28)16-30-33(23)21-12-13-32(17-21)26(35)36-27(2,3)4/h5-9,14-16,21H,12-13,17H2,1-4H3,(H,29,31,34)/t21-/m1/s1. The maximum atomic E-state index is 13.2. The Balaban J connectivity index is 1.47. The van der Waals surface area contributed by atoms with E-state index < -0.39 is 11.5 Å². The largest absolute Gasteiger partial charge is 0.444 e. The molecule has 1 atom stereocenters. The number of carbonyl (C=O) groups excluding carboxylic acids is 2. The molecule has 1 fully saturated rings. The van der Waals surface area contributed by atoms with E-state index in [0.29, 0.717) is 25.3 Å². The summed E-state index contributed by atoms with van der Waals surface area (Å²) in [7, 11) is 0. The quantitative estimate of drug-likeness (QED) is 0.502. The van der Waals surface area contributed by atoms with Crippen LogP contribution in [0.25, 0.3) is 0 Å². The lowest BCUT2D eigenvalue weighted by Crippen LogP contribution is -2.35. The fourth-order valence-electron chi connectivity index (χ4n) is 3.87. The van der Waals surface area contributed by atoms with Gasteiger partial charge in [0, 0.05) is 30.4 Å². The lowest BCUT2D eigenvalue weighted by atomic mass is 10.1. The first-order valence-corrected chi connectivity index (χ1v) is 12.0. The number of benzene rings is 1. The second kappa shape index (κ2) is 10.4. The summed E-state index contributed by atoms with van der Waals surface area (Å²) in [4.78, 5) is 31.6. The van der Waals surface area contributed by atoms with E-state index in [-0.39, 0.29) is 22.9 Å². The molecular weight excluding hydrogens is 478 g/mol. The van der Waals surface area contributed by atoms with Crippen molar-refractivity contribution in [1.29, 1.82) is 0 Å². The number of ether oxygens (including phenoxy) is 1. The van der Waals surface area contributed by atoms with Gasteiger partial charge in [0.2, 0.25) is 0 Å². The Morgan fingerprint density at radius 2 is 1.86 bits per heavy atom. The monoisotopic (exact) mass is 505 g/mol. The Kier molecular flexibility index (Phi) is 7.32. The highest BCUT2D eigenvalue weighted by Gasteiger charge is 2.33. The first kappa shape index (κ1) is 25.3. The second-order valence-electron chi connectivity index (χ2n) is 9.61. The molecule has 0 unspecified atom stereocenters. The van der Waals surface area contributed by atoms with Crippen LogP contribution in [0.4, 0.5) is 10.6 Å². The summed E-state index contributed by atoms with van der Waals surface area (Å²) in [6.07, 6.45) is 3.30. The van der Waals surface area contributed by atoms with Crippen molar-refractivity contribution in [3.63, 3.8) is 0 Å². The number of pyridine rings is 1. The van der Waals surface area contributed by atoms with Crippen LogP contribution in [0.3, 0.4) is 0 Å². The number of nitrogens with one attached hydrogen (secondary N) is 1. The minimum absolute atomic E-state index is 0.199. The van der Waals surface area contributed by atoms with Crippen molar-refractivity contribution >= 4 is 29.4 Å². The Morgan fingerprint density at radius 3 is 2.56 bits per heavy atom. The van der Waals surface area contributed by atoms with Gasteiger partial charge in [0.15, 0.2) is 0 Å². The topological polar surface area (TPSA) is 89.4 Å². The van der Waals surface area contributed by atoms with E-state index in [9.17, 15) is 9.59 Å². The van der Waals surface area contributed by atoms with Crippen LogP contribution in [-0.4, -0.2) is 50.4 Å². The van der Waals surface area contributed by atoms with Gasteiger partial charge in [-0.1, -0.05) is 41.6 Å². The van der Waals surface area contributed by atoms with Gasteiger partial charge in [0.25, 0.3) is 5.91 Å². The molecule has 0 spiro atoms. The third-order valence-electron chi connectivity index (χ3n) is 5.56. The molecule has 4 rings (SSSR count). The Hall–Kier alpha value is -3.83. The number of aryl methyl sites for hydroxylation is 1. The van der Waals surface area contributed by atoms with Gasteiger partial charge >= 0.3 is 6.09 Å². The average Bonchev–Trinajstić information content (AvgIpc) is 3.46. The summed E-state index contributed by atoms with van der Waals surface area (Å²) in [6.45, 7) is 8.21. The van der Waals surface area contributed by atoms with Gasteiger partial charge in [-0.3, -0.25) is 9.48 Å². The lowest BCUT2D eigenvalue weighted by molar-refractivity contribution is 0.0288. The van der Waals surface area contributed by atoms with Crippen LogP contribution in [0.5, 0.6) is 0 Å². The van der Waals surface area contributed by atoms with E-state index in [1.54, 1.807) is 15.8 Å². The molecule has 8 nitrogen and oxygen atoms in total. The van der Waals surface area contributed by atoms with Gasteiger partial charge in [-0.2, -0.15) is 5.10 Å². The predicted molar refractivity (Wildman–Crippen MR) is 138 cm³/mol. The number of hydrogen-bond acceptors (Lipinski definition) is 5. The van der Waals surface area contributed by atoms with Crippen molar-refractivity contribution < 1.29 is 14.3 Å². The Bertz CT molecular complexity index is 1330. The number of anilines is 1. The molecule has 3 heterocycles. The number of aromatic nitrogens is 3. The van der Waals surface area contributed by atoms with Gasteiger partial charge in [-0.05, 0) is 57.9 Å². The number of likely N-dealkylation sites (tertiary alicyclic amines) is 1. The fourth-order valence-corrected chi connectivity index (χ4v) is 4.09. The zero-order valence-electron chi connectivity index (χ0n) is 20.7. The van der Waals surface area contributed by atoms with Crippen LogP contribution in [0.15, 0.2) is 48.8 Å². The van der Waals surface area contributed by atoms with Crippen LogP contribution in [0.1, 0.15) is 60.4 Å². The molecule has 186 valence electrons. The number of amides is 2. The molecule has 36 heavy (non-hydrogen) atoms. The maximum Gasteiger partial charge on any atom is 0.410 e. The van der Waals surface area contributed by atoms with E-state index >= 15 is 0 Å². The summed E-state index contributed by atoms with van der Waals surface area (Å²) in [5.74, 6) is 6.18. The normalized spacial score (nSPS) is 15.2. The molecule has 3 aromatic rings. The van der Waals surface area contributed by atoms with Crippen LogP contribution in [0, 0.1) is 18.8 Å². The number of carbonyl (C=O) groups is 2. The van der Waals surface area contributed by atoms with Gasteiger partial charge in [-0.25, -0.2) is 9.78 Å². The highest BCUT2D eigenvalue weighted by atomic mass is 35.5. The highest BCUT2D eigenvalue weighted by Crippen LogP contribution is 2.28. The molecule has 0 radical (unpaired) electrons. The number of rotatable bonds is 3. The highest BCUT2D eigenvalue weighted by molar-refractivity contribution is 6.34. The number of hydrogen-bond donors (Lipinski definition) is 1. The summed E-state index contributed by atoms with van der Waals surface area (Å²) in [5.41, 5.74) is 2.06. The summed E-state index contributed by atoms with van der Waals surface area (Å²) >= 11 is 6.35. The van der Waals surface area contributed by atoms with E-state index in [0.717, 1.165) is 16.7 Å². The Labute approximate surface area is 215 Å². The summed E-state index contributed by atoms with van der Waals surface area (Å²) in [5, 5.41) is 7.39. The molecular formula is C27H28ClN5O3. The van der Waals surface area contributed by atoms with Crippen molar-refractivity contribution in [3.8, 4) is 11.8 Å². The van der Waals surface area contributed by atoms with Gasteiger partial charge in [-0.15, -0.1) is 0 Å². The Morgan fingerprint density at radius 1 is 1.14 bits per heavy atom. The molecule has 1 N–H and O–H groups in total. The molecule has 9 heteroatoms. The third-order valence-corrected chi connectivity index (χ3v) is 5.84. The van der Waals surface area contributed by atoms with Gasteiger partial charge in [0.05, 0.1) is 17.3 Å². The zero-order chi connectivity index (χ0) is 25.9. The molecule has 0 aliphatic carbocycles. The molecule has 1 saturated heterocycles. The zero-order valence-corrected chi connectivity index (χ0v) is 21.5. The molecule has 1 aliphatic rings. The molecule has 2 aromatic heterocycles. The van der Waals surface area contributed by atoms with Crippen LogP contribution in [-0.2, 0) is 4.74 Å². The average molecular weight is 506 g/mol. The van der Waals surface area contributed by atoms with Crippen molar-refractivity contribution in [1.82, 2.24) is 19.7 Å². The lowest BCUT2D eigenvalue weighted by Gasteiger charge is -2.24. The first-order chi connectivity index (χ1) is 17.1. The second-order valence-corrected chi connectivity index (χ2v) is 10.0. The molecule has 1 aliphatic heterocycles. The predicted octanol–water partition coefficient (Wildman–Crippen LogP) is 5.07. The number of halogens is 1. The van der Waals surface area contributed by atoms with Crippen LogP contribution >= 0.6 is 11.6 Å². The molecule has 1 aromatic carbocycles. The van der Waals surface area contributed by atoms with E-state index in [2.05, 4.69) is 27.2 Å². The molecule has 0 saturated carbocycles. The SMILES string of the molecule is Cc1cc(C#Cc2ccccc2)cnc1NC(=O)c1c(Cl)cnn1[C@@H]1CCN(C(=O)OC(C)(C)C)C1. The van der Waals surface area contributed by atoms with Crippen LogP contribution in [0.2, 0.25) is 5.02 Å². The maximum absolute atomic E-state index is 13.2. The molecule has 2 amide bonds. The first-order valence-electron chi connectivity index (χ1n) is 11.7. The third kappa shape index (κ3) is 6.04. The van der Waals surface area contributed by atoms with Crippen LogP contribution < -0.4 is 5.32 Å². The smallest absolute Gasteiger partial charge is 0.410 e. The van der Waals surface area contributed by atoms with Crippen molar-refractivity contribution in [2.45, 2.75) is 45.8 Å². The van der Waals surface area contributed by atoms with E-state index in [1.807, 2.05) is 64.1 Å². The summed E-state index contributed by atoms with van der Waals surface area (Å²) < 4.78 is 7.05.